The highest BCUT2D eigenvalue weighted by Crippen LogP contribution is 2.24. The molecule has 0 aliphatic heterocycles. The lowest BCUT2D eigenvalue weighted by molar-refractivity contribution is 0.0491. The predicted octanol–water partition coefficient (Wildman–Crippen LogP) is 2.99. The summed E-state index contributed by atoms with van der Waals surface area (Å²) in [4.78, 5) is 0. The first-order chi connectivity index (χ1) is 7.61. The Balaban J connectivity index is 2.99. The van der Waals surface area contributed by atoms with Crippen molar-refractivity contribution >= 4 is 0 Å². The van der Waals surface area contributed by atoms with E-state index < -0.39 is 0 Å². The predicted molar refractivity (Wildman–Crippen MR) is 68.8 cm³/mol. The molecule has 0 amide bonds. The van der Waals surface area contributed by atoms with Crippen molar-refractivity contribution in [1.29, 1.82) is 0 Å². The molecule has 0 radical (unpaired) electrons. The van der Waals surface area contributed by atoms with Crippen molar-refractivity contribution < 1.29 is 4.74 Å². The maximum atomic E-state index is 5.68. The Kier molecular flexibility index (Phi) is 4.97. The summed E-state index contributed by atoms with van der Waals surface area (Å²) in [6.07, 6.45) is 0.190. The highest BCUT2D eigenvalue weighted by molar-refractivity contribution is 5.35. The summed E-state index contributed by atoms with van der Waals surface area (Å²) < 4.78 is 5.68. The minimum absolute atomic E-state index is 0.190. The van der Waals surface area contributed by atoms with Crippen LogP contribution < -0.4 is 5.32 Å². The van der Waals surface area contributed by atoms with E-state index in [-0.39, 0.29) is 12.1 Å². The first kappa shape index (κ1) is 13.2. The topological polar surface area (TPSA) is 21.3 Å². The zero-order valence-corrected chi connectivity index (χ0v) is 11.0. The SMILES string of the molecule is CCOC(C)C(NC)c1cccc(C)c1C. The van der Waals surface area contributed by atoms with Crippen LogP contribution in [0, 0.1) is 13.8 Å². The van der Waals surface area contributed by atoms with Crippen LogP contribution in [0.2, 0.25) is 0 Å². The molecule has 0 aromatic heterocycles. The van der Waals surface area contributed by atoms with Crippen LogP contribution in [0.3, 0.4) is 0 Å². The number of hydrogen-bond donors (Lipinski definition) is 1. The molecule has 0 saturated heterocycles. The lowest BCUT2D eigenvalue weighted by Crippen LogP contribution is -2.30. The standard InChI is InChI=1S/C14H23NO/c1-6-16-12(4)14(15-5)13-9-7-8-10(2)11(13)3/h7-9,12,14-15H,6H2,1-5H3. The van der Waals surface area contributed by atoms with Gasteiger partial charge in [-0.2, -0.15) is 0 Å². The van der Waals surface area contributed by atoms with E-state index in [2.05, 4.69) is 44.3 Å². The van der Waals surface area contributed by atoms with Gasteiger partial charge in [-0.25, -0.2) is 0 Å². The molecule has 1 aromatic carbocycles. The van der Waals surface area contributed by atoms with Gasteiger partial charge in [0.25, 0.3) is 0 Å². The fourth-order valence-electron chi connectivity index (χ4n) is 2.11. The molecule has 0 fully saturated rings. The third kappa shape index (κ3) is 2.83. The number of nitrogens with one attached hydrogen (secondary N) is 1. The first-order valence-electron chi connectivity index (χ1n) is 5.96. The van der Waals surface area contributed by atoms with Gasteiger partial charge in [-0.1, -0.05) is 18.2 Å². The fraction of sp³-hybridized carbons (Fsp3) is 0.571. The van der Waals surface area contributed by atoms with Crippen LogP contribution >= 0.6 is 0 Å². The molecule has 1 aromatic rings. The van der Waals surface area contributed by atoms with Gasteiger partial charge < -0.3 is 10.1 Å². The van der Waals surface area contributed by atoms with Gasteiger partial charge in [0, 0.05) is 6.61 Å². The minimum atomic E-state index is 0.190. The van der Waals surface area contributed by atoms with Crippen LogP contribution in [0.5, 0.6) is 0 Å². The molecule has 0 aliphatic carbocycles. The molecule has 2 atom stereocenters. The van der Waals surface area contributed by atoms with Crippen LogP contribution in [0.25, 0.3) is 0 Å². The first-order valence-corrected chi connectivity index (χ1v) is 5.96. The van der Waals surface area contributed by atoms with Gasteiger partial charge in [0.15, 0.2) is 0 Å². The van der Waals surface area contributed by atoms with Crippen LogP contribution in [-0.2, 0) is 4.74 Å². The summed E-state index contributed by atoms with van der Waals surface area (Å²) in [5, 5.41) is 3.35. The Bertz CT molecular complexity index is 336. The van der Waals surface area contributed by atoms with E-state index in [1.54, 1.807) is 0 Å². The van der Waals surface area contributed by atoms with Gasteiger partial charge in [0.1, 0.15) is 0 Å². The number of ether oxygens (including phenoxy) is 1. The molecule has 1 N–H and O–H groups in total. The highest BCUT2D eigenvalue weighted by atomic mass is 16.5. The van der Waals surface area contributed by atoms with E-state index in [4.69, 9.17) is 4.74 Å². The summed E-state index contributed by atoms with van der Waals surface area (Å²) in [5.74, 6) is 0. The lowest BCUT2D eigenvalue weighted by Gasteiger charge is -2.26. The number of likely N-dealkylation sites (N-methyl/N-ethyl adjacent to an activating group) is 1. The van der Waals surface area contributed by atoms with Gasteiger partial charge in [-0.15, -0.1) is 0 Å². The number of rotatable bonds is 5. The number of aryl methyl sites for hydroxylation is 1. The molecule has 0 bridgehead atoms. The number of hydrogen-bond acceptors (Lipinski definition) is 2. The Morgan fingerprint density at radius 2 is 2.00 bits per heavy atom. The van der Waals surface area contributed by atoms with Crippen molar-refractivity contribution in [3.05, 3.63) is 34.9 Å². The molecule has 2 nitrogen and oxygen atoms in total. The summed E-state index contributed by atoms with van der Waals surface area (Å²) in [6.45, 7) is 9.23. The molecule has 2 unspecified atom stereocenters. The molecular weight excluding hydrogens is 198 g/mol. The Morgan fingerprint density at radius 1 is 1.31 bits per heavy atom. The maximum Gasteiger partial charge on any atom is 0.0741 e. The monoisotopic (exact) mass is 221 g/mol. The Labute approximate surface area is 99.0 Å². The van der Waals surface area contributed by atoms with Crippen LogP contribution in [0.1, 0.15) is 36.6 Å². The van der Waals surface area contributed by atoms with Crippen molar-refractivity contribution in [2.24, 2.45) is 0 Å². The third-order valence-corrected chi connectivity index (χ3v) is 3.19. The quantitative estimate of drug-likeness (QED) is 0.825. The molecule has 16 heavy (non-hydrogen) atoms. The highest BCUT2D eigenvalue weighted by Gasteiger charge is 2.19. The summed E-state index contributed by atoms with van der Waals surface area (Å²) in [7, 11) is 1.99. The molecule has 90 valence electrons. The van der Waals surface area contributed by atoms with Crippen LogP contribution in [0.4, 0.5) is 0 Å². The zero-order chi connectivity index (χ0) is 12.1. The molecule has 1 rings (SSSR count). The van der Waals surface area contributed by atoms with E-state index >= 15 is 0 Å². The average molecular weight is 221 g/mol. The van der Waals surface area contributed by atoms with E-state index in [0.717, 1.165) is 6.61 Å². The molecule has 2 heteroatoms. The summed E-state index contributed by atoms with van der Waals surface area (Å²) in [5.41, 5.74) is 4.03. The van der Waals surface area contributed by atoms with E-state index in [9.17, 15) is 0 Å². The van der Waals surface area contributed by atoms with E-state index in [1.807, 2.05) is 14.0 Å². The van der Waals surface area contributed by atoms with Crippen molar-refractivity contribution in [2.75, 3.05) is 13.7 Å². The molecule has 0 spiro atoms. The van der Waals surface area contributed by atoms with Crippen LogP contribution in [-0.4, -0.2) is 19.8 Å². The third-order valence-electron chi connectivity index (χ3n) is 3.19. The lowest BCUT2D eigenvalue weighted by atomic mass is 9.95. The maximum absolute atomic E-state index is 5.68. The van der Waals surface area contributed by atoms with Gasteiger partial charge in [-0.3, -0.25) is 0 Å². The van der Waals surface area contributed by atoms with Gasteiger partial charge >= 0.3 is 0 Å². The Hall–Kier alpha value is -0.860. The smallest absolute Gasteiger partial charge is 0.0741 e. The van der Waals surface area contributed by atoms with Gasteiger partial charge in [-0.05, 0) is 51.4 Å². The largest absolute Gasteiger partial charge is 0.377 e. The second kappa shape index (κ2) is 6.02. The fourth-order valence-corrected chi connectivity index (χ4v) is 2.11. The van der Waals surface area contributed by atoms with Crippen molar-refractivity contribution in [2.45, 2.75) is 39.8 Å². The normalized spacial score (nSPS) is 14.8. The van der Waals surface area contributed by atoms with Gasteiger partial charge in [0.05, 0.1) is 12.1 Å². The average Bonchev–Trinajstić information content (AvgIpc) is 2.25. The van der Waals surface area contributed by atoms with E-state index in [0.29, 0.717) is 0 Å². The Morgan fingerprint density at radius 3 is 2.56 bits per heavy atom. The van der Waals surface area contributed by atoms with Gasteiger partial charge in [0.2, 0.25) is 0 Å². The van der Waals surface area contributed by atoms with Crippen LogP contribution in [0.15, 0.2) is 18.2 Å². The molecule has 0 heterocycles. The van der Waals surface area contributed by atoms with Crippen molar-refractivity contribution in [3.8, 4) is 0 Å². The zero-order valence-electron chi connectivity index (χ0n) is 11.0. The second-order valence-electron chi connectivity index (χ2n) is 4.22. The molecular formula is C14H23NO. The summed E-state index contributed by atoms with van der Waals surface area (Å²) in [6, 6.07) is 6.70. The second-order valence-corrected chi connectivity index (χ2v) is 4.22. The minimum Gasteiger partial charge on any atom is -0.377 e. The van der Waals surface area contributed by atoms with E-state index in [1.165, 1.54) is 16.7 Å². The van der Waals surface area contributed by atoms with Crippen molar-refractivity contribution in [3.63, 3.8) is 0 Å². The van der Waals surface area contributed by atoms with Crippen molar-refractivity contribution in [1.82, 2.24) is 5.32 Å². The summed E-state index contributed by atoms with van der Waals surface area (Å²) >= 11 is 0. The number of benzene rings is 1. The molecule has 0 saturated carbocycles. The molecule has 0 aliphatic rings.